The highest BCUT2D eigenvalue weighted by atomic mass is 16.5. The molecule has 0 bridgehead atoms. The number of ether oxygens (including phenoxy) is 1. The number of benzene rings is 3. The van der Waals surface area contributed by atoms with E-state index in [-0.39, 0.29) is 17.9 Å². The van der Waals surface area contributed by atoms with Crippen molar-refractivity contribution in [3.63, 3.8) is 0 Å². The van der Waals surface area contributed by atoms with E-state index < -0.39 is 12.1 Å². The van der Waals surface area contributed by atoms with E-state index >= 15 is 0 Å². The Morgan fingerprint density at radius 1 is 0.871 bits per heavy atom. The lowest BCUT2D eigenvalue weighted by Crippen LogP contribution is -2.33. The highest BCUT2D eigenvalue weighted by Gasteiger charge is 2.22. The Labute approximate surface area is 179 Å². The molecule has 1 amide bonds. The molecule has 1 atom stereocenters. The number of hydrogen-bond donors (Lipinski definition) is 1. The molecule has 4 aromatic rings. The van der Waals surface area contributed by atoms with Gasteiger partial charge in [-0.1, -0.05) is 49.4 Å². The molecule has 1 heterocycles. The monoisotopic (exact) mass is 414 g/mol. The van der Waals surface area contributed by atoms with Crippen molar-refractivity contribution < 1.29 is 14.3 Å². The van der Waals surface area contributed by atoms with Crippen molar-refractivity contribution in [1.29, 1.82) is 0 Å². The van der Waals surface area contributed by atoms with Gasteiger partial charge >= 0.3 is 5.97 Å². The number of nitrogens with zero attached hydrogens (tertiary/aromatic N) is 1. The second kappa shape index (κ2) is 8.83. The molecule has 1 aromatic heterocycles. The van der Waals surface area contributed by atoms with E-state index in [1.807, 2.05) is 30.3 Å². The first kappa shape index (κ1) is 20.3. The number of carbonyl (C=O) groups excluding carboxylic acids is 2. The number of nitrogens with one attached hydrogen (secondary N) is 1. The molecule has 0 spiro atoms. The van der Waals surface area contributed by atoms with Gasteiger partial charge in [-0.3, -0.25) is 14.4 Å². The fourth-order valence-electron chi connectivity index (χ4n) is 3.64. The van der Waals surface area contributed by atoms with Crippen molar-refractivity contribution in [1.82, 2.24) is 4.57 Å². The minimum absolute atomic E-state index is 0.0792. The number of rotatable bonds is 6. The molecule has 0 aliphatic heterocycles. The molecule has 1 unspecified atom stereocenters. The fraction of sp³-hybridized carbons (Fsp3) is 0.160. The molecule has 0 radical (unpaired) electrons. The van der Waals surface area contributed by atoms with Gasteiger partial charge in [-0.15, -0.1) is 0 Å². The zero-order valence-electron chi connectivity index (χ0n) is 17.1. The minimum atomic E-state index is -0.912. The highest BCUT2D eigenvalue weighted by molar-refractivity contribution is 5.96. The Morgan fingerprint density at radius 2 is 1.42 bits per heavy atom. The standard InChI is InChI=1S/C25H22N2O4/c1-2-22(25(30)26-17-10-4-3-5-11-17)31-23(28)16-27-20-14-8-6-12-18(20)24(29)19-13-7-9-15-21(19)27/h3-15,22H,2,16H2,1H3,(H,26,30). The second-order valence-corrected chi connectivity index (χ2v) is 7.19. The molecule has 4 rings (SSSR count). The summed E-state index contributed by atoms with van der Waals surface area (Å²) >= 11 is 0. The van der Waals surface area contributed by atoms with Crippen LogP contribution >= 0.6 is 0 Å². The SMILES string of the molecule is CCC(OC(=O)Cn1c2ccccc2c(=O)c2ccccc21)C(=O)Nc1ccccc1. The molecule has 6 nitrogen and oxygen atoms in total. The van der Waals surface area contributed by atoms with Crippen LogP contribution in [0.25, 0.3) is 21.8 Å². The first-order valence-corrected chi connectivity index (χ1v) is 10.1. The summed E-state index contributed by atoms with van der Waals surface area (Å²) in [7, 11) is 0. The maximum Gasteiger partial charge on any atom is 0.326 e. The van der Waals surface area contributed by atoms with Crippen LogP contribution in [0.4, 0.5) is 5.69 Å². The molecule has 31 heavy (non-hydrogen) atoms. The van der Waals surface area contributed by atoms with Crippen molar-refractivity contribution in [2.75, 3.05) is 5.32 Å². The topological polar surface area (TPSA) is 77.4 Å². The molecule has 0 saturated heterocycles. The maximum atomic E-state index is 12.8. The molecule has 0 aliphatic carbocycles. The number of para-hydroxylation sites is 3. The van der Waals surface area contributed by atoms with Crippen LogP contribution in [0.3, 0.4) is 0 Å². The Kier molecular flexibility index (Phi) is 5.80. The molecule has 156 valence electrons. The van der Waals surface area contributed by atoms with E-state index in [2.05, 4.69) is 5.32 Å². The summed E-state index contributed by atoms with van der Waals surface area (Å²) in [6.07, 6.45) is -0.569. The highest BCUT2D eigenvalue weighted by Crippen LogP contribution is 2.19. The van der Waals surface area contributed by atoms with Gasteiger partial charge in [0.05, 0.1) is 11.0 Å². The van der Waals surface area contributed by atoms with E-state index in [0.717, 1.165) is 0 Å². The van der Waals surface area contributed by atoms with Crippen LogP contribution in [-0.4, -0.2) is 22.5 Å². The van der Waals surface area contributed by atoms with Crippen molar-refractivity contribution in [3.8, 4) is 0 Å². The maximum absolute atomic E-state index is 12.8. The van der Waals surface area contributed by atoms with Crippen molar-refractivity contribution in [3.05, 3.63) is 89.1 Å². The Hall–Kier alpha value is -3.93. The average Bonchev–Trinajstić information content (AvgIpc) is 2.81. The van der Waals surface area contributed by atoms with Crippen molar-refractivity contribution in [2.24, 2.45) is 0 Å². The average molecular weight is 414 g/mol. The van der Waals surface area contributed by atoms with Gasteiger partial charge in [0.1, 0.15) is 6.54 Å². The minimum Gasteiger partial charge on any atom is -0.451 e. The van der Waals surface area contributed by atoms with Crippen LogP contribution in [0.2, 0.25) is 0 Å². The lowest BCUT2D eigenvalue weighted by Gasteiger charge is -2.18. The van der Waals surface area contributed by atoms with Crippen LogP contribution in [0.1, 0.15) is 13.3 Å². The predicted octanol–water partition coefficient (Wildman–Crippen LogP) is 4.12. The molecular weight excluding hydrogens is 392 g/mol. The molecule has 6 heteroatoms. The molecule has 1 N–H and O–H groups in total. The number of anilines is 1. The Morgan fingerprint density at radius 3 is 2.00 bits per heavy atom. The zero-order valence-corrected chi connectivity index (χ0v) is 17.1. The number of amides is 1. The molecule has 0 fully saturated rings. The van der Waals surface area contributed by atoms with Gasteiger partial charge in [0.2, 0.25) is 0 Å². The lowest BCUT2D eigenvalue weighted by molar-refractivity contribution is -0.154. The third-order valence-corrected chi connectivity index (χ3v) is 5.14. The van der Waals surface area contributed by atoms with Gasteiger partial charge < -0.3 is 14.6 Å². The van der Waals surface area contributed by atoms with Crippen LogP contribution in [0.15, 0.2) is 83.7 Å². The summed E-state index contributed by atoms with van der Waals surface area (Å²) < 4.78 is 7.28. The van der Waals surface area contributed by atoms with E-state index in [1.165, 1.54) is 0 Å². The fourth-order valence-corrected chi connectivity index (χ4v) is 3.64. The number of carbonyl (C=O) groups is 2. The Bertz CT molecular complexity index is 1250. The summed E-state index contributed by atoms with van der Waals surface area (Å²) in [6, 6.07) is 23.3. The summed E-state index contributed by atoms with van der Waals surface area (Å²) in [6.45, 7) is 1.67. The number of esters is 1. The molecular formula is C25H22N2O4. The summed E-state index contributed by atoms with van der Waals surface area (Å²) in [5, 5.41) is 3.83. The van der Waals surface area contributed by atoms with Crippen LogP contribution in [0.5, 0.6) is 0 Å². The zero-order chi connectivity index (χ0) is 21.8. The smallest absolute Gasteiger partial charge is 0.326 e. The predicted molar refractivity (Wildman–Crippen MR) is 121 cm³/mol. The quantitative estimate of drug-likeness (QED) is 0.380. The normalized spacial score (nSPS) is 11.9. The van der Waals surface area contributed by atoms with Crippen molar-refractivity contribution in [2.45, 2.75) is 26.0 Å². The van der Waals surface area contributed by atoms with E-state index in [1.54, 1.807) is 60.0 Å². The van der Waals surface area contributed by atoms with Gasteiger partial charge in [0.25, 0.3) is 5.91 Å². The molecule has 0 aliphatic rings. The van der Waals surface area contributed by atoms with Crippen LogP contribution < -0.4 is 10.7 Å². The number of fused-ring (bicyclic) bond motifs is 2. The van der Waals surface area contributed by atoms with Gasteiger partial charge in [0.15, 0.2) is 11.5 Å². The summed E-state index contributed by atoms with van der Waals surface area (Å²) in [4.78, 5) is 38.2. The van der Waals surface area contributed by atoms with Gasteiger partial charge in [0, 0.05) is 16.5 Å². The first-order chi connectivity index (χ1) is 15.1. The number of pyridine rings is 1. The molecule has 0 saturated carbocycles. The number of aromatic nitrogens is 1. The van der Waals surface area contributed by atoms with Crippen LogP contribution in [-0.2, 0) is 20.9 Å². The van der Waals surface area contributed by atoms with E-state index in [0.29, 0.717) is 33.9 Å². The van der Waals surface area contributed by atoms with Crippen molar-refractivity contribution >= 4 is 39.4 Å². The third kappa shape index (κ3) is 4.19. The Balaban J connectivity index is 1.61. The van der Waals surface area contributed by atoms with Gasteiger partial charge in [-0.25, -0.2) is 0 Å². The van der Waals surface area contributed by atoms with Gasteiger partial charge in [-0.05, 0) is 42.8 Å². The molecule has 3 aromatic carbocycles. The largest absolute Gasteiger partial charge is 0.451 e. The third-order valence-electron chi connectivity index (χ3n) is 5.14. The number of hydrogen-bond acceptors (Lipinski definition) is 4. The first-order valence-electron chi connectivity index (χ1n) is 10.1. The van der Waals surface area contributed by atoms with E-state index in [9.17, 15) is 14.4 Å². The second-order valence-electron chi connectivity index (χ2n) is 7.19. The van der Waals surface area contributed by atoms with Gasteiger partial charge in [-0.2, -0.15) is 0 Å². The van der Waals surface area contributed by atoms with Crippen LogP contribution in [0, 0.1) is 0 Å². The summed E-state index contributed by atoms with van der Waals surface area (Å²) in [5.74, 6) is -0.925. The lowest BCUT2D eigenvalue weighted by atomic mass is 10.1. The summed E-state index contributed by atoms with van der Waals surface area (Å²) in [5.41, 5.74) is 1.85. The van der Waals surface area contributed by atoms with E-state index in [4.69, 9.17) is 4.74 Å².